The van der Waals surface area contributed by atoms with Crippen molar-refractivity contribution in [2.75, 3.05) is 19.5 Å². The Hall–Kier alpha value is -4.12. The van der Waals surface area contributed by atoms with E-state index in [1.54, 1.807) is 25.6 Å². The van der Waals surface area contributed by atoms with Gasteiger partial charge in [0.1, 0.15) is 11.5 Å². The highest BCUT2D eigenvalue weighted by Gasteiger charge is 2.10. The number of aryl methyl sites for hydroxylation is 1. The maximum absolute atomic E-state index is 9.55. The molecule has 3 aromatic rings. The van der Waals surface area contributed by atoms with Crippen LogP contribution in [-0.4, -0.2) is 47.3 Å². The number of fused-ring (bicyclic) bond motifs is 1. The number of anilines is 1. The number of aliphatic imine (C=N–C) groups is 1. The lowest BCUT2D eigenvalue weighted by atomic mass is 10.2. The summed E-state index contributed by atoms with van der Waals surface area (Å²) in [5, 5.41) is 19.4. The molecule has 1 aromatic heterocycles. The molecule has 0 amide bonds. The third kappa shape index (κ3) is 7.82. The van der Waals surface area contributed by atoms with Crippen LogP contribution in [0.2, 0.25) is 0 Å². The molecule has 3 rings (SSSR count). The van der Waals surface area contributed by atoms with E-state index in [0.29, 0.717) is 41.3 Å². The van der Waals surface area contributed by atoms with Crippen molar-refractivity contribution in [3.05, 3.63) is 59.7 Å². The average molecular weight is 473 g/mol. The predicted octanol–water partition coefficient (Wildman–Crippen LogP) is 3.26. The topological polar surface area (TPSA) is 156 Å². The van der Waals surface area contributed by atoms with Crippen LogP contribution in [0.5, 0.6) is 11.5 Å². The summed E-state index contributed by atoms with van der Waals surface area (Å²) < 4.78 is 11.9. The SMILES string of the molecule is COc1cccc(OC)c1CN=C(N)Nc1nc2ccc(C)cc2s1.O=C(O)/C=C/C(=O)O. The Morgan fingerprint density at radius 3 is 2.27 bits per heavy atom. The Balaban J connectivity index is 0.000000414. The van der Waals surface area contributed by atoms with Crippen molar-refractivity contribution in [3.8, 4) is 11.5 Å². The number of carboxylic acids is 2. The molecule has 0 atom stereocenters. The lowest BCUT2D eigenvalue weighted by Crippen LogP contribution is -2.22. The van der Waals surface area contributed by atoms with Gasteiger partial charge in [0.25, 0.3) is 0 Å². The number of hydrogen-bond acceptors (Lipinski definition) is 7. The second kappa shape index (κ2) is 12.1. The van der Waals surface area contributed by atoms with Gasteiger partial charge in [0.2, 0.25) is 0 Å². The molecule has 0 fully saturated rings. The van der Waals surface area contributed by atoms with Gasteiger partial charge in [-0.1, -0.05) is 23.5 Å². The van der Waals surface area contributed by atoms with E-state index in [0.717, 1.165) is 15.8 Å². The maximum atomic E-state index is 9.55. The molecular formula is C22H24N4O6S. The molecular weight excluding hydrogens is 448 g/mol. The lowest BCUT2D eigenvalue weighted by Gasteiger charge is -2.11. The van der Waals surface area contributed by atoms with Crippen LogP contribution in [0.4, 0.5) is 5.13 Å². The summed E-state index contributed by atoms with van der Waals surface area (Å²) in [4.78, 5) is 28.0. The molecule has 0 aliphatic heterocycles. The second-order valence-electron chi connectivity index (χ2n) is 6.47. The highest BCUT2D eigenvalue weighted by atomic mass is 32.1. The van der Waals surface area contributed by atoms with Gasteiger partial charge in [-0.15, -0.1) is 0 Å². The summed E-state index contributed by atoms with van der Waals surface area (Å²) in [5.74, 6) is -0.790. The maximum Gasteiger partial charge on any atom is 0.328 e. The van der Waals surface area contributed by atoms with Crippen LogP contribution >= 0.6 is 11.3 Å². The number of guanidine groups is 1. The van der Waals surface area contributed by atoms with Crippen LogP contribution in [-0.2, 0) is 16.1 Å². The molecule has 1 heterocycles. The van der Waals surface area contributed by atoms with E-state index in [4.69, 9.17) is 25.4 Å². The zero-order chi connectivity index (χ0) is 24.4. The van der Waals surface area contributed by atoms with Crippen molar-refractivity contribution in [1.29, 1.82) is 0 Å². The number of carbonyl (C=O) groups is 2. The largest absolute Gasteiger partial charge is 0.496 e. The number of hydrogen-bond donors (Lipinski definition) is 4. The molecule has 0 saturated heterocycles. The molecule has 10 nitrogen and oxygen atoms in total. The van der Waals surface area contributed by atoms with E-state index in [9.17, 15) is 9.59 Å². The molecule has 11 heteroatoms. The highest BCUT2D eigenvalue weighted by molar-refractivity contribution is 7.22. The zero-order valence-electron chi connectivity index (χ0n) is 18.2. The number of nitrogens with zero attached hydrogens (tertiary/aromatic N) is 2. The van der Waals surface area contributed by atoms with Gasteiger partial charge in [-0.05, 0) is 36.8 Å². The summed E-state index contributed by atoms with van der Waals surface area (Å²) >= 11 is 1.54. The quantitative estimate of drug-likeness (QED) is 0.230. The molecule has 5 N–H and O–H groups in total. The number of thiazole rings is 1. The smallest absolute Gasteiger partial charge is 0.328 e. The van der Waals surface area contributed by atoms with E-state index in [1.807, 2.05) is 30.3 Å². The summed E-state index contributed by atoms with van der Waals surface area (Å²) in [5.41, 5.74) is 9.00. The Labute approximate surface area is 194 Å². The normalized spacial score (nSPS) is 11.1. The first-order valence-electron chi connectivity index (χ1n) is 9.51. The van der Waals surface area contributed by atoms with E-state index >= 15 is 0 Å². The number of benzene rings is 2. The van der Waals surface area contributed by atoms with Crippen LogP contribution < -0.4 is 20.5 Å². The number of nitrogens with two attached hydrogens (primary N) is 1. The molecule has 0 unspecified atom stereocenters. The van der Waals surface area contributed by atoms with E-state index in [2.05, 4.69) is 28.3 Å². The molecule has 174 valence electrons. The average Bonchev–Trinajstić information content (AvgIpc) is 3.17. The first-order chi connectivity index (χ1) is 15.7. The van der Waals surface area contributed by atoms with E-state index in [-0.39, 0.29) is 0 Å². The number of nitrogens with one attached hydrogen (secondary N) is 1. The Morgan fingerprint density at radius 2 is 1.73 bits per heavy atom. The van der Waals surface area contributed by atoms with Crippen molar-refractivity contribution in [3.63, 3.8) is 0 Å². The summed E-state index contributed by atoms with van der Waals surface area (Å²) in [7, 11) is 3.24. The van der Waals surface area contributed by atoms with Gasteiger partial charge in [0, 0.05) is 12.2 Å². The Morgan fingerprint density at radius 1 is 1.12 bits per heavy atom. The summed E-state index contributed by atoms with van der Waals surface area (Å²) in [6.45, 7) is 2.40. The number of rotatable bonds is 7. The van der Waals surface area contributed by atoms with Crippen LogP contribution in [0, 0.1) is 6.92 Å². The van der Waals surface area contributed by atoms with Crippen LogP contribution in [0.3, 0.4) is 0 Å². The number of methoxy groups -OCH3 is 2. The van der Waals surface area contributed by atoms with Crippen molar-refractivity contribution >= 4 is 44.6 Å². The van der Waals surface area contributed by atoms with Gasteiger partial charge in [-0.2, -0.15) is 0 Å². The third-order valence-electron chi connectivity index (χ3n) is 4.08. The monoisotopic (exact) mass is 472 g/mol. The molecule has 0 aliphatic carbocycles. The summed E-state index contributed by atoms with van der Waals surface area (Å²) in [6, 6.07) is 11.7. The molecule has 0 saturated carbocycles. The fourth-order valence-electron chi connectivity index (χ4n) is 2.63. The zero-order valence-corrected chi connectivity index (χ0v) is 19.0. The third-order valence-corrected chi connectivity index (χ3v) is 5.02. The van der Waals surface area contributed by atoms with Gasteiger partial charge >= 0.3 is 11.9 Å². The number of aromatic nitrogens is 1. The van der Waals surface area contributed by atoms with Crippen molar-refractivity contribution in [2.45, 2.75) is 13.5 Å². The lowest BCUT2D eigenvalue weighted by molar-refractivity contribution is -0.134. The van der Waals surface area contributed by atoms with Gasteiger partial charge in [-0.3, -0.25) is 0 Å². The van der Waals surface area contributed by atoms with Gasteiger partial charge < -0.3 is 30.7 Å². The van der Waals surface area contributed by atoms with E-state index < -0.39 is 11.9 Å². The van der Waals surface area contributed by atoms with Crippen LogP contribution in [0.25, 0.3) is 10.2 Å². The molecule has 2 aromatic carbocycles. The fourth-order valence-corrected chi connectivity index (χ4v) is 3.60. The van der Waals surface area contributed by atoms with Crippen LogP contribution in [0.15, 0.2) is 53.5 Å². The minimum absolute atomic E-state index is 0.295. The van der Waals surface area contributed by atoms with Crippen molar-refractivity contribution in [1.82, 2.24) is 4.98 Å². The Kier molecular flexibility index (Phi) is 9.18. The Bertz CT molecular complexity index is 1150. The van der Waals surface area contributed by atoms with E-state index in [1.165, 1.54) is 5.56 Å². The van der Waals surface area contributed by atoms with Crippen molar-refractivity contribution in [2.24, 2.45) is 10.7 Å². The molecule has 0 radical (unpaired) electrons. The van der Waals surface area contributed by atoms with Gasteiger partial charge in [0.05, 0.1) is 36.5 Å². The van der Waals surface area contributed by atoms with Crippen molar-refractivity contribution < 1.29 is 29.3 Å². The number of carboxylic acid groups (broad SMARTS) is 2. The highest BCUT2D eigenvalue weighted by Crippen LogP contribution is 2.29. The fraction of sp³-hybridized carbons (Fsp3) is 0.182. The van der Waals surface area contributed by atoms with Crippen LogP contribution in [0.1, 0.15) is 11.1 Å². The minimum atomic E-state index is -1.26. The second-order valence-corrected chi connectivity index (χ2v) is 7.50. The first-order valence-corrected chi connectivity index (χ1v) is 10.3. The molecule has 0 bridgehead atoms. The molecule has 33 heavy (non-hydrogen) atoms. The minimum Gasteiger partial charge on any atom is -0.496 e. The number of aliphatic carboxylic acids is 2. The summed E-state index contributed by atoms with van der Waals surface area (Å²) in [6.07, 6.45) is 1.12. The first kappa shape index (κ1) is 25.1. The van der Waals surface area contributed by atoms with Gasteiger partial charge in [-0.25, -0.2) is 19.6 Å². The number of ether oxygens (including phenoxy) is 2. The predicted molar refractivity (Wildman–Crippen MR) is 127 cm³/mol. The molecule has 0 spiro atoms. The van der Waals surface area contributed by atoms with Gasteiger partial charge in [0.15, 0.2) is 11.1 Å². The standard InChI is InChI=1S/C18H20N4O2S.C4H4O4/c1-11-7-8-13-16(9-11)25-18(21-13)22-17(19)20-10-12-14(23-2)5-4-6-15(12)24-3;5-3(6)1-2-4(7)8/h4-9H,10H2,1-3H3,(H3,19,20,21,22);1-2H,(H,5,6)(H,7,8)/b;2-1+. The molecule has 0 aliphatic rings.